The summed E-state index contributed by atoms with van der Waals surface area (Å²) in [6, 6.07) is 53.9. The lowest BCUT2D eigenvalue weighted by Gasteiger charge is -2.18. The fourth-order valence-corrected chi connectivity index (χ4v) is 18.4. The van der Waals surface area contributed by atoms with Gasteiger partial charge in [0.1, 0.15) is 78.9 Å². The highest BCUT2D eigenvalue weighted by atomic mass is 35.5. The highest BCUT2D eigenvalue weighted by Crippen LogP contribution is 2.43. The molecule has 9 aromatic heterocycles. The van der Waals surface area contributed by atoms with Gasteiger partial charge >= 0.3 is 0 Å². The zero-order valence-electron chi connectivity index (χ0n) is 65.7. The molecule has 29 nitrogen and oxygen atoms in total. The normalized spacial score (nSPS) is 27.0. The van der Waals surface area contributed by atoms with E-state index in [4.69, 9.17) is 116 Å². The molecule has 14 aromatic rings. The van der Waals surface area contributed by atoms with Crippen LogP contribution in [0.2, 0.25) is 15.1 Å². The number of aromatic nitrogens is 9. The molecule has 17 atom stereocenters. The molecule has 0 saturated carbocycles. The number of aliphatic hydroxyl groups is 5. The maximum absolute atomic E-state index is 14.9. The topological polar surface area (TPSA) is 353 Å². The molecule has 5 aromatic carbocycles. The predicted octanol–water partition coefficient (Wildman–Crippen LogP) is 12.1. The summed E-state index contributed by atoms with van der Waals surface area (Å²) in [5, 5.41) is 52.1. The van der Waals surface area contributed by atoms with Crippen LogP contribution < -0.4 is 33.3 Å². The van der Waals surface area contributed by atoms with Crippen molar-refractivity contribution in [2.45, 2.75) is 110 Å². The number of hydrogen-bond acceptors (Lipinski definition) is 24. The molecule has 0 amide bonds. The third-order valence-corrected chi connectivity index (χ3v) is 24.8. The Balaban J connectivity index is 0.000000101. The van der Waals surface area contributed by atoms with E-state index in [0.717, 1.165) is 96.2 Å². The summed E-state index contributed by atoms with van der Waals surface area (Å²) in [6.45, 7) is 4.18. The first kappa shape index (κ1) is 79.5. The largest absolute Gasteiger partial charge is 0.470 e. The standard InChI is InChI=1S/C25H21FN2O4.C23H24ClN3O5.C22H20ClN3O4.C20H17ClN2O6/c26-17-10-18-19(11-22(27-18)32-21-13-31-24-20(29)12-30-25(21)24)28-23(17)16-8-6-15(7-9-16)14-4-2-1-3-5-14;24-15-7-16-17(8-20(25-16)32-19-11-31-22-18(29)10-30-23(19)22)26-21(15)12-1-3-13(4-2-12)27-6-5-14(28)9-27;1-26-5-4-11-6-12(2-3-16(11)26)20-13(23)7-14-15(25-20)8-19(24-14)30-18-10-29-21-17(27)9-28-22(18)21;21-10-4-11-12(23-18(10)9-1-2-14-15(3-9)28-8-27-14)5-17(22-11)29-16-7-26-19-13(24)6-25-20(16)19/h1-11,20-21,24-25,27,29H,12-13H2;1-4,7-8,14,18-19,22-23,25,28-29H,5-6,9-11H2;2-8,17-18,21-22,24,27H,9-10H2,1H3;1-5,13,16,19-20,22,24H,6-8H2/t20-,21-,24-,25-;14-,18-,19-,22-,23-;17-,18-,21-,22-;13-,16-,19-,20-/m1111/s1. The number of nitrogens with zero attached hydrogens (tertiary/aromatic N) is 6. The Morgan fingerprint density at radius 3 is 1.24 bits per heavy atom. The lowest BCUT2D eigenvalue weighted by molar-refractivity contribution is 0.00792. The maximum Gasteiger partial charge on any atom is 0.231 e. The molecule has 10 aliphatic rings. The van der Waals surface area contributed by atoms with Crippen LogP contribution in [0.5, 0.6) is 35.0 Å². The number of ether oxygens (including phenoxy) is 14. The van der Waals surface area contributed by atoms with Gasteiger partial charge in [-0.25, -0.2) is 24.3 Å². The second-order valence-corrected chi connectivity index (χ2v) is 33.2. The Kier molecular flexibility index (Phi) is 21.4. The van der Waals surface area contributed by atoms with Gasteiger partial charge in [-0.2, -0.15) is 0 Å². The quantitative estimate of drug-likeness (QED) is 0.0488. The van der Waals surface area contributed by atoms with E-state index in [9.17, 15) is 29.9 Å². The van der Waals surface area contributed by atoms with Gasteiger partial charge in [-0.3, -0.25) is 0 Å². The molecule has 9 N–H and O–H groups in total. The van der Waals surface area contributed by atoms with E-state index in [1.807, 2.05) is 153 Å². The Hall–Kier alpha value is -10.7. The van der Waals surface area contributed by atoms with Crippen LogP contribution in [0, 0.1) is 5.82 Å². The number of aliphatic hydroxyl groups excluding tert-OH is 5. The predicted molar refractivity (Wildman–Crippen MR) is 452 cm³/mol. The number of aryl methyl sites for hydroxylation is 1. The van der Waals surface area contributed by atoms with Crippen molar-refractivity contribution >= 4 is 95.5 Å². The summed E-state index contributed by atoms with van der Waals surface area (Å²) in [5.74, 6) is 3.11. The van der Waals surface area contributed by atoms with Gasteiger partial charge in [0.05, 0.1) is 135 Å². The van der Waals surface area contributed by atoms with Gasteiger partial charge in [0, 0.05) is 95.5 Å². The van der Waals surface area contributed by atoms with Crippen LogP contribution in [0.1, 0.15) is 6.42 Å². The summed E-state index contributed by atoms with van der Waals surface area (Å²) in [5.41, 5.74) is 15.9. The molecule has 123 heavy (non-hydrogen) atoms. The number of hydrogen-bond donors (Lipinski definition) is 9. The van der Waals surface area contributed by atoms with Crippen LogP contribution >= 0.6 is 34.8 Å². The maximum atomic E-state index is 14.9. The molecule has 0 radical (unpaired) electrons. The number of pyridine rings is 4. The third kappa shape index (κ3) is 15.7. The molecule has 33 heteroatoms. The zero-order chi connectivity index (χ0) is 83.4. The molecular weight excluding hydrogens is 1650 g/mol. The van der Waals surface area contributed by atoms with Gasteiger partial charge < -0.3 is 121 Å². The van der Waals surface area contributed by atoms with Crippen LogP contribution in [0.15, 0.2) is 176 Å². The smallest absolute Gasteiger partial charge is 0.231 e. The molecule has 9 fully saturated rings. The van der Waals surface area contributed by atoms with Gasteiger partial charge in [-0.15, -0.1) is 0 Å². The lowest BCUT2D eigenvalue weighted by atomic mass is 10.0. The van der Waals surface area contributed by atoms with Crippen LogP contribution in [0.25, 0.3) is 111 Å². The molecule has 0 bridgehead atoms. The number of nitrogens with one attached hydrogen (secondary N) is 4. The molecule has 0 unspecified atom stereocenters. The average Bonchev–Trinajstić information content (AvgIpc) is 1.68. The number of halogens is 4. The first-order valence-electron chi connectivity index (χ1n) is 40.7. The van der Waals surface area contributed by atoms with Crippen molar-refractivity contribution in [1.29, 1.82) is 0 Å². The van der Waals surface area contributed by atoms with Gasteiger partial charge in [-0.1, -0.05) is 108 Å². The Morgan fingerprint density at radius 2 is 0.772 bits per heavy atom. The Morgan fingerprint density at radius 1 is 0.390 bits per heavy atom. The Bertz CT molecular complexity index is 6260. The van der Waals surface area contributed by atoms with Crippen LogP contribution in [-0.4, -0.2) is 246 Å². The number of fused-ring (bicyclic) bond motifs is 10. The van der Waals surface area contributed by atoms with Gasteiger partial charge in [0.15, 0.2) is 65.3 Å². The number of benzene rings is 5. The van der Waals surface area contributed by atoms with Gasteiger partial charge in [0.25, 0.3) is 0 Å². The van der Waals surface area contributed by atoms with Crippen LogP contribution in [0.4, 0.5) is 10.1 Å². The first-order chi connectivity index (χ1) is 59.9. The molecule has 0 aliphatic carbocycles. The molecule has 24 rings (SSSR count). The summed E-state index contributed by atoms with van der Waals surface area (Å²) in [7, 11) is 2.02. The highest BCUT2D eigenvalue weighted by molar-refractivity contribution is 6.34. The van der Waals surface area contributed by atoms with Crippen molar-refractivity contribution < 1.29 is 96.2 Å². The second-order valence-electron chi connectivity index (χ2n) is 32.0. The monoisotopic (exact) mass is 1730 g/mol. The molecule has 634 valence electrons. The van der Waals surface area contributed by atoms with E-state index >= 15 is 0 Å². The Labute approximate surface area is 715 Å². The SMILES string of the molecule is Cn1ccc2cc(-c3nc4cc(O[C@@H]5CO[C@H]6[C@@H]5OC[C@H]6O)[nH]c4cc3Cl)ccc21.O[C@@H]1CCN(c2ccc(-c3nc4cc(O[C@@H]5CO[C@H]6[C@@H]5OC[C@H]6O)[nH]c4cc3Cl)cc2)C1.O[C@@H]1CO[C@H]2[C@@H]1OC[C@H]2Oc1cc2nc(-c3ccc(-c4ccccc4)cc3)c(F)cc2[nH]1.O[C@@H]1CO[C@H]2[C@@H]1OC[C@H]2Oc1cc2nc(-c3ccc4c(c3)OCO4)c(Cl)cc2[nH]1. The third-order valence-electron chi connectivity index (χ3n) is 23.9. The van der Waals surface area contributed by atoms with E-state index in [2.05, 4.69) is 52.6 Å². The van der Waals surface area contributed by atoms with E-state index in [0.29, 0.717) is 111 Å². The summed E-state index contributed by atoms with van der Waals surface area (Å²) >= 11 is 19.6. The summed E-state index contributed by atoms with van der Waals surface area (Å²) in [4.78, 5) is 33.6. The zero-order valence-corrected chi connectivity index (χ0v) is 68.0. The minimum absolute atomic E-state index is 0.213. The highest BCUT2D eigenvalue weighted by Gasteiger charge is 2.52. The molecule has 0 spiro atoms. The van der Waals surface area contributed by atoms with Gasteiger partial charge in [0.2, 0.25) is 6.79 Å². The summed E-state index contributed by atoms with van der Waals surface area (Å²) in [6.07, 6.45) is -3.63. The van der Waals surface area contributed by atoms with Gasteiger partial charge in [-0.05, 0) is 84.3 Å². The molecule has 19 heterocycles. The number of H-pyrrole nitrogens is 4. The fourth-order valence-electron chi connectivity index (χ4n) is 17.7. The fraction of sp³-hybridized carbons (Fsp3) is 0.333. The minimum atomic E-state index is -0.636. The van der Waals surface area contributed by atoms with E-state index in [1.165, 1.54) is 6.07 Å². The number of rotatable bonds is 14. The van der Waals surface area contributed by atoms with Crippen molar-refractivity contribution in [3.63, 3.8) is 0 Å². The van der Waals surface area contributed by atoms with Crippen LogP contribution in [-0.2, 0) is 44.9 Å². The molecule has 10 aliphatic heterocycles. The minimum Gasteiger partial charge on any atom is -0.470 e. The van der Waals surface area contributed by atoms with Crippen molar-refractivity contribution in [1.82, 2.24) is 44.4 Å². The van der Waals surface area contributed by atoms with Crippen molar-refractivity contribution in [3.05, 3.63) is 197 Å². The molecule has 9 saturated heterocycles. The second kappa shape index (κ2) is 33.1. The lowest BCUT2D eigenvalue weighted by Crippen LogP contribution is -2.34. The number of anilines is 1. The van der Waals surface area contributed by atoms with Crippen molar-refractivity contribution in [2.75, 3.05) is 77.6 Å². The summed E-state index contributed by atoms with van der Waals surface area (Å²) < 4.78 is 96.8. The number of aromatic amines is 4. The number of β-amino-alcohol motifs (C(OH)–C–C–N with tert-alkyl or cyclic N) is 1. The molecular formula is C90H82Cl3FN10O19. The first-order valence-corrected chi connectivity index (χ1v) is 41.8. The van der Waals surface area contributed by atoms with E-state index in [1.54, 1.807) is 6.07 Å². The van der Waals surface area contributed by atoms with Crippen molar-refractivity contribution in [2.24, 2.45) is 7.05 Å². The van der Waals surface area contributed by atoms with E-state index < -0.39 is 30.2 Å². The van der Waals surface area contributed by atoms with Crippen LogP contribution in [0.3, 0.4) is 0 Å². The van der Waals surface area contributed by atoms with E-state index in [-0.39, 0.29) is 118 Å². The van der Waals surface area contributed by atoms with Crippen molar-refractivity contribution in [3.8, 4) is 91.2 Å². The average molecular weight is 1730 g/mol.